The van der Waals surface area contributed by atoms with E-state index in [-0.39, 0.29) is 18.9 Å². The number of rotatable bonds is 0. The summed E-state index contributed by atoms with van der Waals surface area (Å²) in [5.74, 6) is -3.31. The molecule has 0 aromatic rings. The first-order valence-corrected chi connectivity index (χ1v) is 7.18. The predicted octanol–water partition coefficient (Wildman–Crippen LogP) is 0.169. The molecule has 2 aliphatic heterocycles. The molecule has 21 heavy (non-hydrogen) atoms. The Balaban J connectivity index is 2.15. The van der Waals surface area contributed by atoms with Gasteiger partial charge in [0.2, 0.25) is 0 Å². The van der Waals surface area contributed by atoms with Gasteiger partial charge in [-0.15, -0.1) is 0 Å². The first-order valence-electron chi connectivity index (χ1n) is 7.18. The van der Waals surface area contributed by atoms with Crippen LogP contribution >= 0.6 is 0 Å². The van der Waals surface area contributed by atoms with Crippen molar-refractivity contribution >= 4 is 11.8 Å². The Labute approximate surface area is 122 Å². The number of Topliss-reactive ketones (excluding diaryl/α,β-unsaturated/α-hetero) is 1. The molecule has 0 aromatic heterocycles. The lowest BCUT2D eigenvalue weighted by atomic mass is 9.57. The third-order valence-electron chi connectivity index (χ3n) is 5.35. The normalized spacial score (nSPS) is 49.9. The summed E-state index contributed by atoms with van der Waals surface area (Å²) in [7, 11) is 0. The van der Waals surface area contributed by atoms with Crippen molar-refractivity contribution in [1.82, 2.24) is 0 Å². The summed E-state index contributed by atoms with van der Waals surface area (Å²) in [5, 5.41) is 21.3. The van der Waals surface area contributed by atoms with Gasteiger partial charge in [0.1, 0.15) is 6.10 Å². The Kier molecular flexibility index (Phi) is 3.06. The van der Waals surface area contributed by atoms with Gasteiger partial charge in [0.15, 0.2) is 17.7 Å². The van der Waals surface area contributed by atoms with Gasteiger partial charge in [-0.3, -0.25) is 4.79 Å². The maximum absolute atomic E-state index is 12.2. The monoisotopic (exact) mass is 296 g/mol. The first kappa shape index (κ1) is 14.7. The molecule has 6 heteroatoms. The van der Waals surface area contributed by atoms with E-state index >= 15 is 0 Å². The molecular formula is C15H20O6. The Bertz CT molecular complexity index is 536. The van der Waals surface area contributed by atoms with Crippen LogP contribution < -0.4 is 0 Å². The zero-order chi connectivity index (χ0) is 15.6. The topological polar surface area (TPSA) is 93.1 Å². The fraction of sp³-hybridized carbons (Fsp3) is 0.733. The number of allylic oxidation sites excluding steroid dienone is 1. The van der Waals surface area contributed by atoms with E-state index in [4.69, 9.17) is 9.47 Å². The number of hydrogen-bond acceptors (Lipinski definition) is 6. The van der Waals surface area contributed by atoms with Crippen LogP contribution in [0.15, 0.2) is 11.6 Å². The number of carbonyl (C=O) groups is 2. The van der Waals surface area contributed by atoms with Crippen molar-refractivity contribution in [1.29, 1.82) is 0 Å². The van der Waals surface area contributed by atoms with Gasteiger partial charge in [-0.1, -0.05) is 13.0 Å². The summed E-state index contributed by atoms with van der Waals surface area (Å²) in [6, 6.07) is 0. The van der Waals surface area contributed by atoms with E-state index in [0.29, 0.717) is 5.57 Å². The van der Waals surface area contributed by atoms with Gasteiger partial charge >= 0.3 is 5.97 Å². The van der Waals surface area contributed by atoms with E-state index < -0.39 is 41.1 Å². The average molecular weight is 296 g/mol. The Morgan fingerprint density at radius 3 is 2.71 bits per heavy atom. The highest BCUT2D eigenvalue weighted by Gasteiger charge is 2.71. The zero-order valence-electron chi connectivity index (χ0n) is 12.3. The van der Waals surface area contributed by atoms with Crippen molar-refractivity contribution in [2.24, 2.45) is 17.3 Å². The Morgan fingerprint density at radius 1 is 1.38 bits per heavy atom. The van der Waals surface area contributed by atoms with Crippen molar-refractivity contribution < 1.29 is 29.3 Å². The van der Waals surface area contributed by atoms with Crippen LogP contribution in [-0.4, -0.2) is 46.6 Å². The van der Waals surface area contributed by atoms with Gasteiger partial charge in [-0.25, -0.2) is 4.79 Å². The van der Waals surface area contributed by atoms with Crippen molar-refractivity contribution in [2.45, 2.75) is 45.2 Å². The second kappa shape index (κ2) is 4.38. The molecule has 2 heterocycles. The third-order valence-corrected chi connectivity index (χ3v) is 5.35. The fourth-order valence-electron chi connectivity index (χ4n) is 4.16. The van der Waals surface area contributed by atoms with Crippen LogP contribution in [0.4, 0.5) is 0 Å². The van der Waals surface area contributed by atoms with E-state index in [1.165, 1.54) is 6.92 Å². The summed E-state index contributed by atoms with van der Waals surface area (Å²) in [6.07, 6.45) is -0.335. The summed E-state index contributed by atoms with van der Waals surface area (Å²) < 4.78 is 10.6. The van der Waals surface area contributed by atoms with Crippen molar-refractivity contribution in [3.63, 3.8) is 0 Å². The quantitative estimate of drug-likeness (QED) is 0.619. The Morgan fingerprint density at radius 2 is 2.05 bits per heavy atom. The van der Waals surface area contributed by atoms with Crippen LogP contribution in [0, 0.1) is 17.3 Å². The standard InChI is InChI=1S/C15H20O6/c1-7-4-5-15(12(17)10(7)16)9-8(2)6-20-13(18)11(9)21-14(15,3)19/h4,8-9,11-12,17,19H,5-6H2,1-3H3/t8-,9+,11+,12-,14-,15+/m0/s1. The second-order valence-corrected chi connectivity index (χ2v) is 6.55. The molecule has 116 valence electrons. The Hall–Kier alpha value is -1.24. The minimum atomic E-state index is -1.77. The predicted molar refractivity (Wildman–Crippen MR) is 70.9 cm³/mol. The van der Waals surface area contributed by atoms with Crippen molar-refractivity contribution in [3.8, 4) is 0 Å². The molecule has 3 aliphatic rings. The molecule has 2 saturated heterocycles. The molecule has 0 bridgehead atoms. The van der Waals surface area contributed by atoms with E-state index in [2.05, 4.69) is 0 Å². The second-order valence-electron chi connectivity index (χ2n) is 6.55. The average Bonchev–Trinajstić information content (AvgIpc) is 2.66. The SMILES string of the molecule is CC1=CC[C@@]2([C@@H]3[C@@H](C)COC(=O)[C@@H]3O[C@]2(C)O)[C@@H](O)C1=O. The minimum Gasteiger partial charge on any atom is -0.463 e. The highest BCUT2D eigenvalue weighted by atomic mass is 16.7. The summed E-state index contributed by atoms with van der Waals surface area (Å²) >= 11 is 0. The van der Waals surface area contributed by atoms with Gasteiger partial charge < -0.3 is 19.7 Å². The number of aliphatic hydroxyl groups excluding tert-OH is 1. The van der Waals surface area contributed by atoms with Crippen LogP contribution in [-0.2, 0) is 19.1 Å². The number of aliphatic hydroxyl groups is 2. The number of hydrogen-bond donors (Lipinski definition) is 2. The number of fused-ring (bicyclic) bond motifs is 2. The first-order chi connectivity index (χ1) is 9.72. The lowest BCUT2D eigenvalue weighted by Crippen LogP contribution is -2.60. The number of esters is 1. The lowest BCUT2D eigenvalue weighted by molar-refractivity contribution is -0.247. The minimum absolute atomic E-state index is 0.115. The van der Waals surface area contributed by atoms with Crippen LogP contribution in [0.3, 0.4) is 0 Å². The largest absolute Gasteiger partial charge is 0.463 e. The van der Waals surface area contributed by atoms with Gasteiger partial charge in [0.05, 0.1) is 12.0 Å². The summed E-state index contributed by atoms with van der Waals surface area (Å²) in [6.45, 7) is 5.12. The lowest BCUT2D eigenvalue weighted by Gasteiger charge is -2.48. The number of ketones is 1. The molecule has 0 radical (unpaired) electrons. The molecule has 0 unspecified atom stereocenters. The maximum atomic E-state index is 12.2. The molecule has 0 amide bonds. The van der Waals surface area contributed by atoms with Crippen LogP contribution in [0.2, 0.25) is 0 Å². The molecule has 2 N–H and O–H groups in total. The van der Waals surface area contributed by atoms with Crippen LogP contribution in [0.1, 0.15) is 27.2 Å². The molecule has 0 aromatic carbocycles. The molecule has 1 aliphatic carbocycles. The van der Waals surface area contributed by atoms with Gasteiger partial charge in [-0.2, -0.15) is 0 Å². The summed E-state index contributed by atoms with van der Waals surface area (Å²) in [4.78, 5) is 24.2. The molecule has 6 atom stereocenters. The van der Waals surface area contributed by atoms with E-state index in [1.807, 2.05) is 6.92 Å². The van der Waals surface area contributed by atoms with Gasteiger partial charge in [0, 0.05) is 5.92 Å². The van der Waals surface area contributed by atoms with E-state index in [0.717, 1.165) is 0 Å². The van der Waals surface area contributed by atoms with Gasteiger partial charge in [-0.05, 0) is 31.8 Å². The molecule has 2 fully saturated rings. The number of ether oxygens (including phenoxy) is 2. The zero-order valence-corrected chi connectivity index (χ0v) is 12.3. The smallest absolute Gasteiger partial charge is 0.335 e. The van der Waals surface area contributed by atoms with Crippen LogP contribution in [0.25, 0.3) is 0 Å². The molecule has 3 rings (SSSR count). The van der Waals surface area contributed by atoms with Crippen LogP contribution in [0.5, 0.6) is 0 Å². The number of carbonyl (C=O) groups excluding carboxylic acids is 2. The molecule has 0 saturated carbocycles. The van der Waals surface area contributed by atoms with Crippen molar-refractivity contribution in [2.75, 3.05) is 6.61 Å². The maximum Gasteiger partial charge on any atom is 0.335 e. The van der Waals surface area contributed by atoms with E-state index in [1.54, 1.807) is 13.0 Å². The highest BCUT2D eigenvalue weighted by molar-refractivity contribution is 6.00. The number of cyclic esters (lactones) is 1. The van der Waals surface area contributed by atoms with Crippen molar-refractivity contribution in [3.05, 3.63) is 11.6 Å². The summed E-state index contributed by atoms with van der Waals surface area (Å²) in [5.41, 5.74) is -0.744. The fourth-order valence-corrected chi connectivity index (χ4v) is 4.16. The molecule has 6 nitrogen and oxygen atoms in total. The third kappa shape index (κ3) is 1.69. The van der Waals surface area contributed by atoms with Gasteiger partial charge in [0.25, 0.3) is 0 Å². The highest BCUT2D eigenvalue weighted by Crippen LogP contribution is 2.59. The molecule has 1 spiro atoms. The van der Waals surface area contributed by atoms with E-state index in [9.17, 15) is 19.8 Å². The molecular weight excluding hydrogens is 276 g/mol.